The Morgan fingerprint density at radius 1 is 1.56 bits per heavy atom. The molecule has 1 fully saturated rings. The van der Waals surface area contributed by atoms with E-state index in [1.807, 2.05) is 0 Å². The summed E-state index contributed by atoms with van der Waals surface area (Å²) in [6, 6.07) is 4.83. The maximum absolute atomic E-state index is 11.7. The van der Waals surface area contributed by atoms with Crippen molar-refractivity contribution in [2.75, 3.05) is 16.8 Å². The van der Waals surface area contributed by atoms with Gasteiger partial charge in [-0.15, -0.1) is 0 Å². The van der Waals surface area contributed by atoms with Gasteiger partial charge in [-0.2, -0.15) is 0 Å². The molecule has 0 bridgehead atoms. The normalized spacial score (nSPS) is 20.5. The molecule has 1 aromatic rings. The lowest BCUT2D eigenvalue weighted by Crippen LogP contribution is -2.24. The Bertz CT molecular complexity index is 424. The maximum Gasteiger partial charge on any atom is 0.227 e. The number of halogens is 2. The number of alkyl halides is 1. The highest BCUT2D eigenvalue weighted by atomic mass is 79.9. The van der Waals surface area contributed by atoms with Gasteiger partial charge < -0.3 is 10.0 Å². The van der Waals surface area contributed by atoms with E-state index < -0.39 is 0 Å². The van der Waals surface area contributed by atoms with Crippen LogP contribution in [0.25, 0.3) is 0 Å². The summed E-state index contributed by atoms with van der Waals surface area (Å²) in [5, 5.41) is 10.4. The van der Waals surface area contributed by atoms with Crippen molar-refractivity contribution in [1.29, 1.82) is 0 Å². The number of amides is 1. The number of rotatable bonds is 2. The van der Waals surface area contributed by atoms with E-state index in [1.165, 1.54) is 6.07 Å². The molecule has 3 nitrogen and oxygen atoms in total. The van der Waals surface area contributed by atoms with Crippen LogP contribution >= 0.6 is 27.5 Å². The summed E-state index contributed by atoms with van der Waals surface area (Å²) >= 11 is 9.20. The molecule has 0 radical (unpaired) electrons. The number of hydrogen-bond acceptors (Lipinski definition) is 2. The van der Waals surface area contributed by atoms with Crippen LogP contribution < -0.4 is 4.90 Å². The van der Waals surface area contributed by atoms with Gasteiger partial charge in [-0.3, -0.25) is 4.79 Å². The molecule has 16 heavy (non-hydrogen) atoms. The third-order valence-electron chi connectivity index (χ3n) is 2.67. The molecule has 1 amide bonds. The lowest BCUT2D eigenvalue weighted by atomic mass is 10.2. The fourth-order valence-corrected chi connectivity index (χ4v) is 2.41. The van der Waals surface area contributed by atoms with Crippen LogP contribution in [-0.4, -0.2) is 22.9 Å². The average molecular weight is 305 g/mol. The van der Waals surface area contributed by atoms with Gasteiger partial charge in [0.1, 0.15) is 5.75 Å². The molecular weight excluding hydrogens is 293 g/mol. The van der Waals surface area contributed by atoms with Crippen LogP contribution in [0.15, 0.2) is 18.2 Å². The van der Waals surface area contributed by atoms with Gasteiger partial charge in [-0.05, 0) is 24.1 Å². The highest BCUT2D eigenvalue weighted by Gasteiger charge is 2.29. The Morgan fingerprint density at radius 3 is 2.88 bits per heavy atom. The Labute approximate surface area is 107 Å². The first-order chi connectivity index (χ1) is 7.61. The van der Waals surface area contributed by atoms with Crippen molar-refractivity contribution < 1.29 is 9.90 Å². The molecule has 86 valence electrons. The number of aromatic hydroxyl groups is 1. The minimum atomic E-state index is 0.0362. The second kappa shape index (κ2) is 4.63. The number of benzene rings is 1. The summed E-state index contributed by atoms with van der Waals surface area (Å²) in [6.45, 7) is 0.700. The first-order valence-electron chi connectivity index (χ1n) is 4.96. The molecule has 1 aliphatic heterocycles. The monoisotopic (exact) mass is 303 g/mol. The predicted molar refractivity (Wildman–Crippen MR) is 67.4 cm³/mol. The molecule has 0 saturated carbocycles. The van der Waals surface area contributed by atoms with E-state index in [1.54, 1.807) is 17.0 Å². The van der Waals surface area contributed by atoms with Gasteiger partial charge >= 0.3 is 0 Å². The molecule has 1 N–H and O–H groups in total. The summed E-state index contributed by atoms with van der Waals surface area (Å²) in [6.07, 6.45) is 0.559. The lowest BCUT2D eigenvalue weighted by Gasteiger charge is -2.16. The Kier molecular flexibility index (Phi) is 3.40. The highest BCUT2D eigenvalue weighted by Crippen LogP contribution is 2.31. The lowest BCUT2D eigenvalue weighted by molar-refractivity contribution is -0.117. The molecule has 1 unspecified atom stereocenters. The number of carbonyl (C=O) groups is 1. The zero-order chi connectivity index (χ0) is 11.7. The SMILES string of the molecule is O=C1CC(CBr)CN1c1ccc(O)c(Cl)c1. The fourth-order valence-electron chi connectivity index (χ4n) is 1.80. The van der Waals surface area contributed by atoms with E-state index >= 15 is 0 Å². The van der Waals surface area contributed by atoms with E-state index in [9.17, 15) is 9.90 Å². The summed E-state index contributed by atoms with van der Waals surface area (Å²) in [4.78, 5) is 13.4. The maximum atomic E-state index is 11.7. The van der Waals surface area contributed by atoms with Crippen LogP contribution in [0.3, 0.4) is 0 Å². The van der Waals surface area contributed by atoms with Crippen molar-refractivity contribution in [2.45, 2.75) is 6.42 Å². The van der Waals surface area contributed by atoms with Crippen LogP contribution in [0, 0.1) is 5.92 Å². The van der Waals surface area contributed by atoms with E-state index in [-0.39, 0.29) is 16.7 Å². The highest BCUT2D eigenvalue weighted by molar-refractivity contribution is 9.09. The zero-order valence-electron chi connectivity index (χ0n) is 8.49. The zero-order valence-corrected chi connectivity index (χ0v) is 10.8. The summed E-state index contributed by atoms with van der Waals surface area (Å²) in [5.74, 6) is 0.486. The van der Waals surface area contributed by atoms with Crippen LogP contribution in [0.5, 0.6) is 5.75 Å². The second-order valence-corrected chi connectivity index (χ2v) is 4.92. The van der Waals surface area contributed by atoms with Crippen LogP contribution in [0.4, 0.5) is 5.69 Å². The first kappa shape index (κ1) is 11.7. The van der Waals surface area contributed by atoms with Crippen molar-refractivity contribution >= 4 is 39.1 Å². The van der Waals surface area contributed by atoms with Gasteiger partial charge in [0.15, 0.2) is 0 Å². The van der Waals surface area contributed by atoms with Gasteiger partial charge in [-0.1, -0.05) is 27.5 Å². The molecule has 1 atom stereocenters. The second-order valence-electron chi connectivity index (χ2n) is 3.86. The summed E-state index contributed by atoms with van der Waals surface area (Å²) < 4.78 is 0. The number of phenols is 1. The predicted octanol–water partition coefficient (Wildman–Crippen LogP) is 2.79. The molecule has 0 aliphatic carbocycles. The molecule has 0 aromatic heterocycles. The fraction of sp³-hybridized carbons (Fsp3) is 0.364. The minimum absolute atomic E-state index is 0.0362. The number of nitrogens with zero attached hydrogens (tertiary/aromatic N) is 1. The Hall–Kier alpha value is -0.740. The summed E-state index contributed by atoms with van der Waals surface area (Å²) in [5.41, 5.74) is 0.747. The summed E-state index contributed by atoms with van der Waals surface area (Å²) in [7, 11) is 0. The van der Waals surface area contributed by atoms with Crippen LogP contribution in [0.1, 0.15) is 6.42 Å². The van der Waals surface area contributed by atoms with Crippen molar-refractivity contribution in [3.63, 3.8) is 0 Å². The van der Waals surface area contributed by atoms with E-state index in [0.29, 0.717) is 18.9 Å². The minimum Gasteiger partial charge on any atom is -0.506 e. The van der Waals surface area contributed by atoms with Gasteiger partial charge in [0.2, 0.25) is 5.91 Å². The van der Waals surface area contributed by atoms with Gasteiger partial charge in [0.05, 0.1) is 5.02 Å². The van der Waals surface area contributed by atoms with Crippen LogP contribution in [-0.2, 0) is 4.79 Å². The molecule has 1 aliphatic rings. The van der Waals surface area contributed by atoms with Gasteiger partial charge in [0, 0.05) is 24.0 Å². The van der Waals surface area contributed by atoms with E-state index in [2.05, 4.69) is 15.9 Å². The average Bonchev–Trinajstić information content (AvgIpc) is 2.64. The van der Waals surface area contributed by atoms with E-state index in [4.69, 9.17) is 11.6 Å². The topological polar surface area (TPSA) is 40.5 Å². The first-order valence-corrected chi connectivity index (χ1v) is 6.46. The molecule has 2 rings (SSSR count). The number of hydrogen-bond donors (Lipinski definition) is 1. The van der Waals surface area contributed by atoms with Crippen molar-refractivity contribution in [1.82, 2.24) is 0 Å². The van der Waals surface area contributed by atoms with Crippen molar-refractivity contribution in [3.8, 4) is 5.75 Å². The molecule has 1 saturated heterocycles. The van der Waals surface area contributed by atoms with Crippen molar-refractivity contribution in [2.24, 2.45) is 5.92 Å². The van der Waals surface area contributed by atoms with E-state index in [0.717, 1.165) is 11.0 Å². The third-order valence-corrected chi connectivity index (χ3v) is 3.88. The van der Waals surface area contributed by atoms with Crippen LogP contribution in [0.2, 0.25) is 5.02 Å². The number of anilines is 1. The Balaban J connectivity index is 2.24. The van der Waals surface area contributed by atoms with Gasteiger partial charge in [-0.25, -0.2) is 0 Å². The van der Waals surface area contributed by atoms with Crippen molar-refractivity contribution in [3.05, 3.63) is 23.2 Å². The molecule has 1 aromatic carbocycles. The molecule has 5 heteroatoms. The third kappa shape index (κ3) is 2.18. The molecular formula is C11H11BrClNO2. The van der Waals surface area contributed by atoms with Gasteiger partial charge in [0.25, 0.3) is 0 Å². The number of phenolic OH excluding ortho intramolecular Hbond substituents is 1. The standard InChI is InChI=1S/C11H11BrClNO2/c12-5-7-3-11(16)14(6-7)8-1-2-10(15)9(13)4-8/h1-2,4,7,15H,3,5-6H2. The molecule has 0 spiro atoms. The smallest absolute Gasteiger partial charge is 0.227 e. The quantitative estimate of drug-likeness (QED) is 0.854. The largest absolute Gasteiger partial charge is 0.506 e. The Morgan fingerprint density at radius 2 is 2.31 bits per heavy atom. The number of carbonyl (C=O) groups excluding carboxylic acids is 1. The molecule has 1 heterocycles.